The Morgan fingerprint density at radius 1 is 0.615 bits per heavy atom. The van der Waals surface area contributed by atoms with Crippen molar-refractivity contribution >= 4 is 10.8 Å². The van der Waals surface area contributed by atoms with Crippen LogP contribution in [0, 0.1) is 34.9 Å². The van der Waals surface area contributed by atoms with Gasteiger partial charge in [0.05, 0.1) is 10.9 Å². The van der Waals surface area contributed by atoms with E-state index in [4.69, 9.17) is 0 Å². The van der Waals surface area contributed by atoms with Crippen LogP contribution in [0.2, 0.25) is 0 Å². The van der Waals surface area contributed by atoms with Crippen LogP contribution >= 0.6 is 0 Å². The van der Waals surface area contributed by atoms with Gasteiger partial charge in [0.25, 0.3) is 0 Å². The van der Waals surface area contributed by atoms with Crippen LogP contribution < -0.4 is 9.47 Å². The largest absolute Gasteiger partial charge is 0.429 e. The number of alkyl halides is 4. The van der Waals surface area contributed by atoms with E-state index in [1.54, 1.807) is 6.92 Å². The van der Waals surface area contributed by atoms with Gasteiger partial charge in [0, 0.05) is 12.1 Å². The topological polar surface area (TPSA) is 18.5 Å². The number of hydrogen-bond donors (Lipinski definition) is 0. The molecule has 2 nitrogen and oxygen atoms in total. The molecule has 4 aromatic carbocycles. The molecule has 0 aromatic heterocycles. The van der Waals surface area contributed by atoms with E-state index >= 15 is 0 Å². The van der Waals surface area contributed by atoms with Gasteiger partial charge in [0.15, 0.2) is 29.1 Å². The molecular formula is C27H16F10O2. The van der Waals surface area contributed by atoms with Gasteiger partial charge in [0.2, 0.25) is 0 Å². The summed E-state index contributed by atoms with van der Waals surface area (Å²) in [5, 5.41) is -1.16. The van der Waals surface area contributed by atoms with E-state index in [-0.39, 0.29) is 29.5 Å². The Balaban J connectivity index is 1.59. The zero-order valence-electron chi connectivity index (χ0n) is 19.7. The molecule has 0 heterocycles. The van der Waals surface area contributed by atoms with E-state index in [0.717, 1.165) is 6.07 Å². The van der Waals surface area contributed by atoms with Gasteiger partial charge in [-0.05, 0) is 47.7 Å². The number of hydrogen-bond acceptors (Lipinski definition) is 2. The van der Waals surface area contributed by atoms with Crippen LogP contribution in [0.25, 0.3) is 10.8 Å². The van der Waals surface area contributed by atoms with Crippen LogP contribution in [0.1, 0.15) is 30.0 Å². The second-order valence-corrected chi connectivity index (χ2v) is 8.40. The maximum Gasteiger partial charge on any atom is 0.429 e. The first kappa shape index (κ1) is 28.1. The number of aryl methyl sites for hydroxylation is 1. The molecule has 0 aliphatic carbocycles. The molecule has 0 aliphatic rings. The van der Waals surface area contributed by atoms with Crippen molar-refractivity contribution in [3.63, 3.8) is 0 Å². The van der Waals surface area contributed by atoms with Crippen molar-refractivity contribution in [2.75, 3.05) is 0 Å². The fraction of sp³-hybridized carbons (Fsp3) is 0.185. The third kappa shape index (κ3) is 5.45. The number of rotatable bonds is 8. The summed E-state index contributed by atoms with van der Waals surface area (Å²) in [6, 6.07) is 5.65. The van der Waals surface area contributed by atoms with Crippen LogP contribution in [0.4, 0.5) is 43.9 Å². The normalized spacial score (nSPS) is 12.2. The SMILES string of the molecule is CCCc1ccc2cc(C(F)(F)Oc3ccc(C(F)(F)Oc4cc(F)c(F)c(F)c4)cc3)c(F)c(F)c2c1F. The fourth-order valence-electron chi connectivity index (χ4n) is 3.82. The van der Waals surface area contributed by atoms with Gasteiger partial charge in [-0.15, -0.1) is 0 Å². The second kappa shape index (κ2) is 10.3. The maximum absolute atomic E-state index is 14.8. The third-order valence-electron chi connectivity index (χ3n) is 5.68. The van der Waals surface area contributed by atoms with Crippen LogP contribution in [-0.4, -0.2) is 0 Å². The molecule has 0 spiro atoms. The molecule has 0 saturated heterocycles. The molecule has 0 fully saturated rings. The minimum atomic E-state index is -4.53. The summed E-state index contributed by atoms with van der Waals surface area (Å²) in [5.41, 5.74) is -2.47. The Labute approximate surface area is 214 Å². The average Bonchev–Trinajstić information content (AvgIpc) is 2.86. The lowest BCUT2D eigenvalue weighted by Crippen LogP contribution is -2.25. The van der Waals surface area contributed by atoms with E-state index < -0.39 is 75.1 Å². The van der Waals surface area contributed by atoms with Gasteiger partial charge in [-0.1, -0.05) is 25.5 Å². The lowest BCUT2D eigenvalue weighted by Gasteiger charge is -2.21. The van der Waals surface area contributed by atoms with Crippen molar-refractivity contribution in [2.45, 2.75) is 32.0 Å². The van der Waals surface area contributed by atoms with Crippen LogP contribution in [0.5, 0.6) is 11.5 Å². The molecule has 0 radical (unpaired) electrons. The highest BCUT2D eigenvalue weighted by molar-refractivity contribution is 5.85. The van der Waals surface area contributed by atoms with E-state index in [2.05, 4.69) is 9.47 Å². The lowest BCUT2D eigenvalue weighted by molar-refractivity contribution is -0.188. The molecule has 0 amide bonds. The molecular weight excluding hydrogens is 546 g/mol. The van der Waals surface area contributed by atoms with Gasteiger partial charge in [-0.25, -0.2) is 26.3 Å². The predicted octanol–water partition coefficient (Wildman–Crippen LogP) is 8.88. The Hall–Kier alpha value is -3.96. The molecule has 0 N–H and O–H groups in total. The van der Waals surface area contributed by atoms with Crippen LogP contribution in [0.3, 0.4) is 0 Å². The van der Waals surface area contributed by atoms with Crippen molar-refractivity contribution in [1.29, 1.82) is 0 Å². The summed E-state index contributed by atoms with van der Waals surface area (Å²) in [7, 11) is 0. The smallest absolute Gasteiger partial charge is 0.429 e. The van der Waals surface area contributed by atoms with E-state index in [1.807, 2.05) is 0 Å². The Kier molecular flexibility index (Phi) is 7.42. The number of ether oxygens (including phenoxy) is 2. The molecule has 12 heteroatoms. The fourth-order valence-corrected chi connectivity index (χ4v) is 3.82. The summed E-state index contributed by atoms with van der Waals surface area (Å²) in [6.07, 6.45) is -8.08. The minimum Gasteiger partial charge on any atom is -0.429 e. The summed E-state index contributed by atoms with van der Waals surface area (Å²) < 4.78 is 151. The zero-order valence-corrected chi connectivity index (χ0v) is 19.7. The minimum absolute atomic E-state index is 0.0784. The third-order valence-corrected chi connectivity index (χ3v) is 5.68. The molecule has 206 valence electrons. The van der Waals surface area contributed by atoms with Gasteiger partial charge in [0.1, 0.15) is 22.9 Å². The first-order valence-corrected chi connectivity index (χ1v) is 11.2. The maximum atomic E-state index is 14.8. The highest BCUT2D eigenvalue weighted by Crippen LogP contribution is 2.39. The predicted molar refractivity (Wildman–Crippen MR) is 120 cm³/mol. The second-order valence-electron chi connectivity index (χ2n) is 8.40. The van der Waals surface area contributed by atoms with Crippen molar-refractivity contribution in [3.05, 3.63) is 106 Å². The number of halogens is 10. The molecule has 0 aliphatic heterocycles. The summed E-state index contributed by atoms with van der Waals surface area (Å²) in [4.78, 5) is 0. The highest BCUT2D eigenvalue weighted by Gasteiger charge is 2.41. The highest BCUT2D eigenvalue weighted by atomic mass is 19.3. The Morgan fingerprint density at radius 2 is 1.21 bits per heavy atom. The lowest BCUT2D eigenvalue weighted by atomic mass is 9.99. The summed E-state index contributed by atoms with van der Waals surface area (Å²) >= 11 is 0. The van der Waals surface area contributed by atoms with Crippen LogP contribution in [0.15, 0.2) is 54.6 Å². The molecule has 4 rings (SSSR count). The molecule has 0 saturated carbocycles. The quantitative estimate of drug-likeness (QED) is 0.158. The van der Waals surface area contributed by atoms with Gasteiger partial charge in [-0.3, -0.25) is 0 Å². The van der Waals surface area contributed by atoms with Crippen molar-refractivity contribution < 1.29 is 53.4 Å². The van der Waals surface area contributed by atoms with Gasteiger partial charge < -0.3 is 9.47 Å². The number of fused-ring (bicyclic) bond motifs is 1. The molecule has 0 atom stereocenters. The Bertz CT molecular complexity index is 1510. The monoisotopic (exact) mass is 562 g/mol. The standard InChI is InChI=1S/C27H16F10O2/c1-2-3-13-4-5-14-10-18(23(31)25(33)21(14)22(13)30)27(36,37)38-16-8-6-15(7-9-16)26(34,35)39-17-11-19(28)24(32)20(29)12-17/h4-12H,2-3H2,1H3. The summed E-state index contributed by atoms with van der Waals surface area (Å²) in [6.45, 7) is 1.73. The van der Waals surface area contributed by atoms with Crippen molar-refractivity contribution in [2.24, 2.45) is 0 Å². The van der Waals surface area contributed by atoms with E-state index in [9.17, 15) is 43.9 Å². The molecule has 4 aromatic rings. The first-order chi connectivity index (χ1) is 18.2. The van der Waals surface area contributed by atoms with Crippen molar-refractivity contribution in [1.82, 2.24) is 0 Å². The average molecular weight is 562 g/mol. The molecule has 39 heavy (non-hydrogen) atoms. The van der Waals surface area contributed by atoms with Gasteiger partial charge in [-0.2, -0.15) is 17.6 Å². The molecule has 0 bridgehead atoms. The van der Waals surface area contributed by atoms with E-state index in [0.29, 0.717) is 36.8 Å². The van der Waals surface area contributed by atoms with Crippen LogP contribution in [-0.2, 0) is 18.6 Å². The zero-order chi connectivity index (χ0) is 28.7. The van der Waals surface area contributed by atoms with Gasteiger partial charge >= 0.3 is 12.2 Å². The summed E-state index contributed by atoms with van der Waals surface area (Å²) in [5.74, 6) is -12.3. The Morgan fingerprint density at radius 3 is 1.79 bits per heavy atom. The molecule has 0 unspecified atom stereocenters. The van der Waals surface area contributed by atoms with Crippen molar-refractivity contribution in [3.8, 4) is 11.5 Å². The van der Waals surface area contributed by atoms with E-state index in [1.165, 1.54) is 6.07 Å². The number of benzene rings is 4. The first-order valence-electron chi connectivity index (χ1n) is 11.2.